The average molecular weight is 231 g/mol. The largest absolute Gasteiger partial charge is 0.508 e. The van der Waals surface area contributed by atoms with Crippen molar-refractivity contribution in [2.75, 3.05) is 13.1 Å². The zero-order valence-electron chi connectivity index (χ0n) is 10.3. The van der Waals surface area contributed by atoms with E-state index in [-0.39, 0.29) is 5.41 Å². The summed E-state index contributed by atoms with van der Waals surface area (Å²) in [6.07, 6.45) is 6.35. The van der Waals surface area contributed by atoms with Gasteiger partial charge in [-0.25, -0.2) is 0 Å². The second-order valence-electron chi connectivity index (χ2n) is 5.55. The number of piperidine rings is 1. The molecule has 2 fully saturated rings. The molecule has 92 valence electrons. The van der Waals surface area contributed by atoms with Crippen molar-refractivity contribution >= 4 is 0 Å². The Labute approximate surface area is 103 Å². The molecule has 1 aliphatic heterocycles. The highest BCUT2D eigenvalue weighted by Crippen LogP contribution is 2.54. The van der Waals surface area contributed by atoms with E-state index in [0.717, 1.165) is 19.0 Å². The molecule has 0 aromatic heterocycles. The van der Waals surface area contributed by atoms with Crippen LogP contribution >= 0.6 is 0 Å². The van der Waals surface area contributed by atoms with Crippen molar-refractivity contribution in [3.63, 3.8) is 0 Å². The van der Waals surface area contributed by atoms with Crippen LogP contribution in [-0.4, -0.2) is 18.2 Å². The zero-order valence-corrected chi connectivity index (χ0v) is 10.3. The number of nitrogens with one attached hydrogen (secondary N) is 1. The lowest BCUT2D eigenvalue weighted by atomic mass is 9.55. The van der Waals surface area contributed by atoms with Crippen LogP contribution in [0.5, 0.6) is 5.75 Å². The van der Waals surface area contributed by atoms with Gasteiger partial charge < -0.3 is 10.4 Å². The molecule has 2 nitrogen and oxygen atoms in total. The molecule has 2 N–H and O–H groups in total. The number of rotatable bonds is 2. The summed E-state index contributed by atoms with van der Waals surface area (Å²) in [7, 11) is 0. The number of benzene rings is 1. The van der Waals surface area contributed by atoms with Gasteiger partial charge >= 0.3 is 0 Å². The van der Waals surface area contributed by atoms with Crippen LogP contribution in [0.3, 0.4) is 0 Å². The van der Waals surface area contributed by atoms with Crippen molar-refractivity contribution in [3.8, 4) is 5.75 Å². The van der Waals surface area contributed by atoms with Crippen molar-refractivity contribution in [1.29, 1.82) is 0 Å². The Hall–Kier alpha value is -1.02. The first-order chi connectivity index (χ1) is 8.33. The molecule has 2 heteroatoms. The van der Waals surface area contributed by atoms with Crippen molar-refractivity contribution in [1.82, 2.24) is 5.32 Å². The maximum absolute atomic E-state index is 10.1. The van der Waals surface area contributed by atoms with Crippen LogP contribution in [0.1, 0.15) is 37.7 Å². The number of phenolic OH excluding ortho intramolecular Hbond substituents is 1. The van der Waals surface area contributed by atoms with Crippen molar-refractivity contribution in [3.05, 3.63) is 29.8 Å². The summed E-state index contributed by atoms with van der Waals surface area (Å²) < 4.78 is 0. The van der Waals surface area contributed by atoms with Crippen LogP contribution in [0, 0.1) is 5.92 Å². The summed E-state index contributed by atoms with van der Waals surface area (Å²) in [4.78, 5) is 0. The van der Waals surface area contributed by atoms with Crippen LogP contribution in [0.4, 0.5) is 0 Å². The molecule has 0 radical (unpaired) electrons. The first kappa shape index (κ1) is 11.1. The van der Waals surface area contributed by atoms with Crippen LogP contribution in [0.25, 0.3) is 0 Å². The zero-order chi connectivity index (χ0) is 11.7. The standard InChI is InChI=1S/C15H21NO/c17-14-5-2-1-4-13(14)15(8-3-9-15)12-6-10-16-11-7-12/h1-2,4-5,12,16-17H,3,6-11H2. The molecule has 0 atom stereocenters. The third kappa shape index (κ3) is 1.75. The molecule has 0 amide bonds. The Kier molecular flexibility index (Phi) is 2.83. The van der Waals surface area contributed by atoms with Gasteiger partial charge in [-0.3, -0.25) is 0 Å². The fourth-order valence-electron chi connectivity index (χ4n) is 3.72. The van der Waals surface area contributed by atoms with Gasteiger partial charge in [-0.1, -0.05) is 24.6 Å². The number of para-hydroxylation sites is 1. The third-order valence-electron chi connectivity index (χ3n) is 4.81. The summed E-state index contributed by atoms with van der Waals surface area (Å²) in [5.74, 6) is 1.26. The minimum absolute atomic E-state index is 0.285. The van der Waals surface area contributed by atoms with Gasteiger partial charge in [0.1, 0.15) is 5.75 Å². The lowest BCUT2D eigenvalue weighted by Gasteiger charge is -2.50. The number of phenols is 1. The Morgan fingerprint density at radius 2 is 1.82 bits per heavy atom. The SMILES string of the molecule is Oc1ccccc1C1(C2CCNCC2)CCC1. The van der Waals surface area contributed by atoms with E-state index in [0.29, 0.717) is 5.75 Å². The van der Waals surface area contributed by atoms with Gasteiger partial charge in [-0.15, -0.1) is 0 Å². The summed E-state index contributed by atoms with van der Waals surface area (Å²) in [6.45, 7) is 2.28. The van der Waals surface area contributed by atoms with E-state index in [1.807, 2.05) is 12.1 Å². The molecule has 2 aliphatic rings. The fourth-order valence-corrected chi connectivity index (χ4v) is 3.72. The van der Waals surface area contributed by atoms with Gasteiger partial charge in [0.2, 0.25) is 0 Å². The second-order valence-corrected chi connectivity index (χ2v) is 5.55. The minimum Gasteiger partial charge on any atom is -0.508 e. The van der Waals surface area contributed by atoms with Crippen LogP contribution in [-0.2, 0) is 5.41 Å². The minimum atomic E-state index is 0.285. The molecular weight excluding hydrogens is 210 g/mol. The predicted molar refractivity (Wildman–Crippen MR) is 69.2 cm³/mol. The average Bonchev–Trinajstić information content (AvgIpc) is 2.32. The van der Waals surface area contributed by atoms with Gasteiger partial charge in [-0.05, 0) is 50.8 Å². The molecule has 1 heterocycles. The van der Waals surface area contributed by atoms with E-state index in [9.17, 15) is 5.11 Å². The number of hydrogen-bond donors (Lipinski definition) is 2. The van der Waals surface area contributed by atoms with Crippen LogP contribution < -0.4 is 5.32 Å². The monoisotopic (exact) mass is 231 g/mol. The topological polar surface area (TPSA) is 32.3 Å². The van der Waals surface area contributed by atoms with Gasteiger partial charge in [-0.2, -0.15) is 0 Å². The lowest BCUT2D eigenvalue weighted by molar-refractivity contribution is 0.113. The smallest absolute Gasteiger partial charge is 0.119 e. The highest BCUT2D eigenvalue weighted by molar-refractivity contribution is 5.41. The van der Waals surface area contributed by atoms with Gasteiger partial charge in [0.15, 0.2) is 0 Å². The van der Waals surface area contributed by atoms with E-state index in [1.165, 1.54) is 37.7 Å². The van der Waals surface area contributed by atoms with E-state index in [1.54, 1.807) is 0 Å². The van der Waals surface area contributed by atoms with Gasteiger partial charge in [0.05, 0.1) is 0 Å². The third-order valence-corrected chi connectivity index (χ3v) is 4.81. The maximum atomic E-state index is 10.1. The van der Waals surface area contributed by atoms with Crippen LogP contribution in [0.2, 0.25) is 0 Å². The van der Waals surface area contributed by atoms with Gasteiger partial charge in [0.25, 0.3) is 0 Å². The first-order valence-electron chi connectivity index (χ1n) is 6.82. The highest BCUT2D eigenvalue weighted by Gasteiger charge is 2.46. The van der Waals surface area contributed by atoms with Crippen LogP contribution in [0.15, 0.2) is 24.3 Å². The molecule has 1 saturated heterocycles. The van der Waals surface area contributed by atoms with E-state index in [2.05, 4.69) is 17.4 Å². The van der Waals surface area contributed by atoms with E-state index < -0.39 is 0 Å². The molecule has 1 aliphatic carbocycles. The molecule has 1 aromatic rings. The quantitative estimate of drug-likeness (QED) is 0.820. The van der Waals surface area contributed by atoms with Crippen molar-refractivity contribution < 1.29 is 5.11 Å². The summed E-state index contributed by atoms with van der Waals surface area (Å²) in [5, 5.41) is 13.6. The summed E-state index contributed by atoms with van der Waals surface area (Å²) in [6, 6.07) is 7.97. The Balaban J connectivity index is 1.93. The Bertz CT molecular complexity index is 392. The molecular formula is C15H21NO. The fraction of sp³-hybridized carbons (Fsp3) is 0.600. The molecule has 1 aromatic carbocycles. The molecule has 0 unspecified atom stereocenters. The molecule has 3 rings (SSSR count). The van der Waals surface area contributed by atoms with E-state index >= 15 is 0 Å². The summed E-state index contributed by atoms with van der Waals surface area (Å²) in [5.41, 5.74) is 1.49. The first-order valence-corrected chi connectivity index (χ1v) is 6.82. The van der Waals surface area contributed by atoms with Gasteiger partial charge in [0, 0.05) is 11.0 Å². The maximum Gasteiger partial charge on any atom is 0.119 e. The Morgan fingerprint density at radius 1 is 1.12 bits per heavy atom. The Morgan fingerprint density at radius 3 is 2.41 bits per heavy atom. The lowest BCUT2D eigenvalue weighted by Crippen LogP contribution is -2.46. The molecule has 1 saturated carbocycles. The summed E-state index contributed by atoms with van der Waals surface area (Å²) >= 11 is 0. The molecule has 0 spiro atoms. The predicted octanol–water partition coefficient (Wildman–Crippen LogP) is 2.81. The second kappa shape index (κ2) is 4.34. The van der Waals surface area contributed by atoms with Crippen molar-refractivity contribution in [2.24, 2.45) is 5.92 Å². The number of aromatic hydroxyl groups is 1. The normalized spacial score (nSPS) is 24.2. The van der Waals surface area contributed by atoms with E-state index in [4.69, 9.17) is 0 Å². The highest BCUT2D eigenvalue weighted by atomic mass is 16.3. The molecule has 0 bridgehead atoms. The number of hydrogen-bond acceptors (Lipinski definition) is 2. The molecule has 17 heavy (non-hydrogen) atoms. The van der Waals surface area contributed by atoms with Crippen molar-refractivity contribution in [2.45, 2.75) is 37.5 Å².